The first-order chi connectivity index (χ1) is 13.1. The Hall–Kier alpha value is -1.89. The lowest BCUT2D eigenvalue weighted by atomic mass is 10.0. The quantitative estimate of drug-likeness (QED) is 0.788. The van der Waals surface area contributed by atoms with Gasteiger partial charge >= 0.3 is 5.17 Å². The average molecular weight is 406 g/mol. The second-order valence-electron chi connectivity index (χ2n) is 6.59. The van der Waals surface area contributed by atoms with Gasteiger partial charge in [-0.1, -0.05) is 11.6 Å². The second kappa shape index (κ2) is 7.26. The molecule has 142 valence electrons. The third-order valence-electron chi connectivity index (χ3n) is 5.03. The van der Waals surface area contributed by atoms with E-state index < -0.39 is 5.72 Å². The number of halogens is 1. The molecule has 0 amide bonds. The van der Waals surface area contributed by atoms with Gasteiger partial charge in [0.15, 0.2) is 18.0 Å². The summed E-state index contributed by atoms with van der Waals surface area (Å²) < 4.78 is 12.9. The van der Waals surface area contributed by atoms with E-state index in [2.05, 4.69) is 9.48 Å². The predicted molar refractivity (Wildman–Crippen MR) is 109 cm³/mol. The van der Waals surface area contributed by atoms with Crippen LogP contribution < -0.4 is 14.4 Å². The van der Waals surface area contributed by atoms with Gasteiger partial charge in [-0.2, -0.15) is 0 Å². The Morgan fingerprint density at radius 2 is 1.85 bits per heavy atom. The molecule has 1 N–H and O–H groups in total. The van der Waals surface area contributed by atoms with Crippen molar-refractivity contribution in [3.05, 3.63) is 53.1 Å². The molecule has 2 aliphatic heterocycles. The number of β-amino-alcohol motifs (C(OH)–C–C–N with tert-alkyl or cyclic N) is 1. The van der Waals surface area contributed by atoms with Gasteiger partial charge in [-0.05, 0) is 60.6 Å². The third-order valence-corrected chi connectivity index (χ3v) is 6.47. The van der Waals surface area contributed by atoms with Crippen LogP contribution in [0.15, 0.2) is 42.5 Å². The molecule has 2 heterocycles. The van der Waals surface area contributed by atoms with E-state index in [4.69, 9.17) is 21.1 Å². The lowest BCUT2D eigenvalue weighted by Crippen LogP contribution is -2.41. The molecule has 4 rings (SSSR count). The van der Waals surface area contributed by atoms with Crippen molar-refractivity contribution < 1.29 is 19.2 Å². The molecule has 0 bridgehead atoms. The molecule has 0 saturated carbocycles. The van der Waals surface area contributed by atoms with E-state index in [-0.39, 0.29) is 0 Å². The van der Waals surface area contributed by atoms with Crippen molar-refractivity contribution in [1.29, 1.82) is 0 Å². The van der Waals surface area contributed by atoms with Crippen LogP contribution in [0.3, 0.4) is 0 Å². The van der Waals surface area contributed by atoms with Crippen LogP contribution in [0.5, 0.6) is 11.5 Å². The first-order valence-corrected chi connectivity index (χ1v) is 10.2. The minimum atomic E-state index is -1.14. The Balaban J connectivity index is 1.78. The molecular formula is C20H22ClN2O3S+. The fourth-order valence-corrected chi connectivity index (χ4v) is 4.96. The Morgan fingerprint density at radius 1 is 1.11 bits per heavy atom. The molecule has 0 aromatic heterocycles. The number of nitrogens with zero attached hydrogens (tertiary/aromatic N) is 2. The average Bonchev–Trinajstić information content (AvgIpc) is 3.02. The summed E-state index contributed by atoms with van der Waals surface area (Å²) in [6.45, 7) is 1.24. The molecule has 5 nitrogen and oxygen atoms in total. The van der Waals surface area contributed by atoms with E-state index in [0.717, 1.165) is 35.1 Å². The predicted octanol–water partition coefficient (Wildman–Crippen LogP) is 3.53. The van der Waals surface area contributed by atoms with Crippen molar-refractivity contribution in [2.75, 3.05) is 38.0 Å². The SMILES string of the molecule is COc1ccc(C2(O)CN(c3ccc(Cl)cc3)C3=[N+]2CCCS3)cc1OC. The van der Waals surface area contributed by atoms with Crippen molar-refractivity contribution in [3.63, 3.8) is 0 Å². The molecule has 1 atom stereocenters. The van der Waals surface area contributed by atoms with Crippen molar-refractivity contribution in [2.24, 2.45) is 0 Å². The van der Waals surface area contributed by atoms with Crippen LogP contribution in [-0.4, -0.2) is 47.9 Å². The van der Waals surface area contributed by atoms with Crippen molar-refractivity contribution in [2.45, 2.75) is 12.1 Å². The number of aliphatic hydroxyl groups is 1. The van der Waals surface area contributed by atoms with Crippen LogP contribution in [0, 0.1) is 0 Å². The first kappa shape index (κ1) is 18.5. The number of hydrogen-bond donors (Lipinski definition) is 1. The first-order valence-electron chi connectivity index (χ1n) is 8.82. The van der Waals surface area contributed by atoms with Gasteiger partial charge in [-0.15, -0.1) is 0 Å². The van der Waals surface area contributed by atoms with Crippen molar-refractivity contribution in [1.82, 2.24) is 0 Å². The monoisotopic (exact) mass is 405 g/mol. The van der Waals surface area contributed by atoms with E-state index >= 15 is 0 Å². The number of ether oxygens (including phenoxy) is 2. The minimum absolute atomic E-state index is 0.437. The maximum atomic E-state index is 11.8. The fraction of sp³-hybridized carbons (Fsp3) is 0.350. The van der Waals surface area contributed by atoms with E-state index in [1.807, 2.05) is 42.5 Å². The number of anilines is 1. The fourth-order valence-electron chi connectivity index (χ4n) is 3.66. The lowest BCUT2D eigenvalue weighted by molar-refractivity contribution is -0.656. The summed E-state index contributed by atoms with van der Waals surface area (Å²) in [7, 11) is 3.21. The van der Waals surface area contributed by atoms with Crippen LogP contribution in [0.2, 0.25) is 5.02 Å². The smallest absolute Gasteiger partial charge is 0.316 e. The molecule has 0 saturated heterocycles. The summed E-state index contributed by atoms with van der Waals surface area (Å²) in [6.07, 6.45) is 1.03. The highest BCUT2D eigenvalue weighted by molar-refractivity contribution is 8.13. The Bertz CT molecular complexity index is 887. The molecule has 1 unspecified atom stereocenters. The molecule has 2 aromatic rings. The molecule has 2 aromatic carbocycles. The van der Waals surface area contributed by atoms with Crippen LogP contribution in [0.1, 0.15) is 12.0 Å². The van der Waals surface area contributed by atoms with Gasteiger partial charge in [0.2, 0.25) is 0 Å². The lowest BCUT2D eigenvalue weighted by Gasteiger charge is -2.25. The summed E-state index contributed by atoms with van der Waals surface area (Å²) in [4.78, 5) is 2.16. The summed E-state index contributed by atoms with van der Waals surface area (Å²) in [5.41, 5.74) is 0.670. The second-order valence-corrected chi connectivity index (χ2v) is 8.08. The third kappa shape index (κ3) is 3.16. The highest BCUT2D eigenvalue weighted by atomic mass is 35.5. The number of hydrogen-bond acceptors (Lipinski definition) is 5. The zero-order valence-corrected chi connectivity index (χ0v) is 16.9. The van der Waals surface area contributed by atoms with Gasteiger partial charge in [-0.25, -0.2) is 9.48 Å². The van der Waals surface area contributed by atoms with Crippen molar-refractivity contribution >= 4 is 34.2 Å². The van der Waals surface area contributed by atoms with Gasteiger partial charge in [0.1, 0.15) is 5.69 Å². The number of amidine groups is 1. The number of thioether (sulfide) groups is 1. The Labute approximate surface area is 168 Å². The Morgan fingerprint density at radius 3 is 2.56 bits per heavy atom. The minimum Gasteiger partial charge on any atom is -0.493 e. The van der Waals surface area contributed by atoms with E-state index in [9.17, 15) is 5.11 Å². The summed E-state index contributed by atoms with van der Waals surface area (Å²) in [5, 5.41) is 13.5. The highest BCUT2D eigenvalue weighted by Crippen LogP contribution is 2.40. The normalized spacial score (nSPS) is 22.0. The molecule has 0 fully saturated rings. The van der Waals surface area contributed by atoms with Crippen LogP contribution in [0.25, 0.3) is 0 Å². The molecule has 0 aliphatic carbocycles. The zero-order valence-electron chi connectivity index (χ0n) is 15.3. The number of methoxy groups -OCH3 is 2. The van der Waals surface area contributed by atoms with E-state index in [1.54, 1.807) is 26.0 Å². The maximum absolute atomic E-state index is 11.8. The van der Waals surface area contributed by atoms with Crippen molar-refractivity contribution in [3.8, 4) is 11.5 Å². The highest BCUT2D eigenvalue weighted by Gasteiger charge is 2.53. The zero-order chi connectivity index (χ0) is 19.0. The van der Waals surface area contributed by atoms with Crippen LogP contribution in [0.4, 0.5) is 5.69 Å². The standard InChI is InChI=1S/C20H22ClN2O3S/c1-25-17-9-4-14(12-18(17)26-2)20(24)13-22(16-7-5-15(21)6-8-16)19-23(20)10-3-11-27-19/h4-9,12,24H,3,10-11,13H2,1-2H3/q+1. The molecule has 0 spiro atoms. The molecule has 2 aliphatic rings. The van der Waals surface area contributed by atoms with Crippen LogP contribution >= 0.6 is 23.4 Å². The Kier molecular flexibility index (Phi) is 4.97. The molecule has 0 radical (unpaired) electrons. The van der Waals surface area contributed by atoms with Gasteiger partial charge in [0.25, 0.3) is 5.72 Å². The summed E-state index contributed by atoms with van der Waals surface area (Å²) in [5.74, 6) is 2.30. The number of benzene rings is 2. The van der Waals surface area contributed by atoms with Gasteiger partial charge in [0, 0.05) is 16.3 Å². The van der Waals surface area contributed by atoms with Gasteiger partial charge in [0.05, 0.1) is 20.8 Å². The summed E-state index contributed by atoms with van der Waals surface area (Å²) in [6, 6.07) is 13.3. The number of rotatable bonds is 4. The largest absolute Gasteiger partial charge is 0.493 e. The topological polar surface area (TPSA) is 44.9 Å². The van der Waals surface area contributed by atoms with Crippen LogP contribution in [-0.2, 0) is 5.72 Å². The molecule has 7 heteroatoms. The van der Waals surface area contributed by atoms with Gasteiger partial charge < -0.3 is 14.6 Å². The van der Waals surface area contributed by atoms with E-state index in [0.29, 0.717) is 23.1 Å². The molecular weight excluding hydrogens is 384 g/mol. The summed E-state index contributed by atoms with van der Waals surface area (Å²) >= 11 is 7.83. The van der Waals surface area contributed by atoms with E-state index in [1.165, 1.54) is 0 Å². The molecule has 27 heavy (non-hydrogen) atoms. The maximum Gasteiger partial charge on any atom is 0.316 e. The van der Waals surface area contributed by atoms with Gasteiger partial charge in [-0.3, -0.25) is 0 Å².